The molecule has 0 aromatic carbocycles. The third-order valence-corrected chi connectivity index (χ3v) is 7.62. The van der Waals surface area contributed by atoms with E-state index < -0.39 is 15.4 Å². The van der Waals surface area contributed by atoms with Gasteiger partial charge in [0.05, 0.1) is 28.5 Å². The number of aromatic nitrogens is 3. The number of nitrogens with one attached hydrogen (secondary N) is 1. The molecule has 0 bridgehead atoms. The average Bonchev–Trinajstić information content (AvgIpc) is 2.81. The number of rotatable bonds is 10. The highest BCUT2D eigenvalue weighted by molar-refractivity contribution is 7.90. The molecule has 2 atom stereocenters. The molecule has 1 aliphatic rings. The number of hydrogen-bond donors (Lipinski definition) is 1. The van der Waals surface area contributed by atoms with E-state index in [4.69, 9.17) is 9.47 Å². The van der Waals surface area contributed by atoms with Gasteiger partial charge in [-0.3, -0.25) is 0 Å². The molecule has 0 saturated heterocycles. The van der Waals surface area contributed by atoms with E-state index in [1.165, 1.54) is 6.26 Å². The number of carbonyl (C=O) groups excluding carboxylic acids is 1. The summed E-state index contributed by atoms with van der Waals surface area (Å²) >= 11 is 0. The van der Waals surface area contributed by atoms with E-state index in [-0.39, 0.29) is 23.7 Å². The van der Waals surface area contributed by atoms with Gasteiger partial charge in [-0.05, 0) is 68.7 Å². The minimum absolute atomic E-state index is 0.0483. The van der Waals surface area contributed by atoms with E-state index in [9.17, 15) is 13.2 Å². The van der Waals surface area contributed by atoms with Crippen molar-refractivity contribution in [3.63, 3.8) is 0 Å². The maximum atomic E-state index is 12.3. The molecule has 1 N–H and O–H groups in total. The van der Waals surface area contributed by atoms with E-state index in [2.05, 4.69) is 34.1 Å². The van der Waals surface area contributed by atoms with Crippen LogP contribution in [0.25, 0.3) is 10.8 Å². The van der Waals surface area contributed by atoms with Crippen LogP contribution in [0.2, 0.25) is 0 Å². The first kappa shape index (κ1) is 27.8. The van der Waals surface area contributed by atoms with Gasteiger partial charge < -0.3 is 14.8 Å². The van der Waals surface area contributed by atoms with Crippen LogP contribution in [0, 0.1) is 0 Å². The standard InChI is InChI=1S/C28H36N4O5S/c1-7-8-17(2)21-15-30-26(36-18(3)11-12-38(6,34)35)22-16-29-25(13-20(21)22)32-24-10-9-19-23(31-24)14-28(4,5)37-27(19)33/h9-10,13,15-18H,7-8,11-12,14H2,1-6H3,(H,29,31,32)/t17-,18-/m1/s1. The lowest BCUT2D eigenvalue weighted by atomic mass is 9.94. The van der Waals surface area contributed by atoms with Gasteiger partial charge >= 0.3 is 5.97 Å². The van der Waals surface area contributed by atoms with Gasteiger partial charge in [0.1, 0.15) is 27.1 Å². The lowest BCUT2D eigenvalue weighted by Crippen LogP contribution is -2.36. The van der Waals surface area contributed by atoms with Gasteiger partial charge in [-0.2, -0.15) is 0 Å². The predicted molar refractivity (Wildman–Crippen MR) is 148 cm³/mol. The molecule has 0 radical (unpaired) electrons. The number of carbonyl (C=O) groups is 1. The Hall–Kier alpha value is -3.27. The minimum Gasteiger partial charge on any atom is -0.474 e. The molecule has 0 spiro atoms. The molecular formula is C28H36N4O5S. The monoisotopic (exact) mass is 540 g/mol. The van der Waals surface area contributed by atoms with Crippen molar-refractivity contribution >= 4 is 38.2 Å². The molecule has 3 aromatic heterocycles. The first-order valence-corrected chi connectivity index (χ1v) is 15.0. The number of pyridine rings is 3. The summed E-state index contributed by atoms with van der Waals surface area (Å²) in [6, 6.07) is 5.44. The van der Waals surface area contributed by atoms with Gasteiger partial charge in [0, 0.05) is 25.1 Å². The van der Waals surface area contributed by atoms with Gasteiger partial charge in [-0.15, -0.1) is 0 Å². The van der Waals surface area contributed by atoms with Gasteiger partial charge in [0.25, 0.3) is 0 Å². The van der Waals surface area contributed by atoms with E-state index in [1.54, 1.807) is 18.3 Å². The summed E-state index contributed by atoms with van der Waals surface area (Å²) in [5, 5.41) is 5.01. The van der Waals surface area contributed by atoms with Crippen LogP contribution in [0.5, 0.6) is 5.88 Å². The van der Waals surface area contributed by atoms with Crippen molar-refractivity contribution in [3.05, 3.63) is 47.4 Å². The van der Waals surface area contributed by atoms with Crippen LogP contribution in [0.3, 0.4) is 0 Å². The van der Waals surface area contributed by atoms with Crippen LogP contribution >= 0.6 is 0 Å². The molecule has 0 unspecified atom stereocenters. The summed E-state index contributed by atoms with van der Waals surface area (Å²) in [5.74, 6) is 1.59. The lowest BCUT2D eigenvalue weighted by molar-refractivity contribution is -0.00714. The number of hydrogen-bond acceptors (Lipinski definition) is 9. The number of esters is 1. The van der Waals surface area contributed by atoms with Gasteiger partial charge in [-0.1, -0.05) is 20.3 Å². The average molecular weight is 541 g/mol. The predicted octanol–water partition coefficient (Wildman–Crippen LogP) is 5.37. The van der Waals surface area contributed by atoms with E-state index in [0.717, 1.165) is 29.2 Å². The molecule has 1 aliphatic heterocycles. The summed E-state index contributed by atoms with van der Waals surface area (Å²) in [6.45, 7) is 9.91. The highest BCUT2D eigenvalue weighted by Crippen LogP contribution is 2.34. The van der Waals surface area contributed by atoms with Crippen molar-refractivity contribution in [2.24, 2.45) is 0 Å². The minimum atomic E-state index is -3.08. The third-order valence-electron chi connectivity index (χ3n) is 6.64. The second-order valence-corrected chi connectivity index (χ2v) is 13.1. The topological polar surface area (TPSA) is 120 Å². The second kappa shape index (κ2) is 10.8. The van der Waals surface area contributed by atoms with Crippen LogP contribution < -0.4 is 10.1 Å². The first-order valence-electron chi connectivity index (χ1n) is 13.0. The van der Waals surface area contributed by atoms with Crippen molar-refractivity contribution in [2.75, 3.05) is 17.3 Å². The van der Waals surface area contributed by atoms with Crippen molar-refractivity contribution < 1.29 is 22.7 Å². The van der Waals surface area contributed by atoms with Crippen LogP contribution in [-0.4, -0.2) is 53.1 Å². The van der Waals surface area contributed by atoms with Gasteiger partial charge in [-0.25, -0.2) is 28.2 Å². The molecule has 204 valence electrons. The number of nitrogens with zero attached hydrogens (tertiary/aromatic N) is 3. The third kappa shape index (κ3) is 6.59. The smallest absolute Gasteiger partial charge is 0.340 e. The molecule has 9 nitrogen and oxygen atoms in total. The second-order valence-electron chi connectivity index (χ2n) is 10.8. The van der Waals surface area contributed by atoms with Crippen molar-refractivity contribution in [1.82, 2.24) is 15.0 Å². The number of sulfone groups is 1. The van der Waals surface area contributed by atoms with Crippen LogP contribution in [0.15, 0.2) is 30.6 Å². The summed E-state index contributed by atoms with van der Waals surface area (Å²) in [4.78, 5) is 26.2. The zero-order valence-corrected chi connectivity index (χ0v) is 23.7. The number of anilines is 2. The summed E-state index contributed by atoms with van der Waals surface area (Å²) in [6.07, 6.45) is 7.41. The largest absolute Gasteiger partial charge is 0.474 e. The number of cyclic esters (lactones) is 1. The molecule has 0 fully saturated rings. The molecule has 0 aliphatic carbocycles. The maximum absolute atomic E-state index is 12.3. The highest BCUT2D eigenvalue weighted by atomic mass is 32.2. The Labute approximate surface area is 224 Å². The molecular weight excluding hydrogens is 504 g/mol. The van der Waals surface area contributed by atoms with Gasteiger partial charge in [0.15, 0.2) is 0 Å². The Morgan fingerprint density at radius 1 is 1.11 bits per heavy atom. The van der Waals surface area contributed by atoms with Gasteiger partial charge in [0.2, 0.25) is 5.88 Å². The fourth-order valence-corrected chi connectivity index (χ4v) is 5.43. The Kier molecular flexibility index (Phi) is 7.92. The SMILES string of the molecule is CCC[C@@H](C)c1cnc(O[C@H](C)CCS(C)(=O)=O)c2cnc(Nc3ccc4c(n3)CC(C)(C)OC4=O)cc12. The molecule has 10 heteroatoms. The summed E-state index contributed by atoms with van der Waals surface area (Å²) in [5.41, 5.74) is 1.65. The molecule has 3 aromatic rings. The fourth-order valence-electron chi connectivity index (χ4n) is 4.67. The van der Waals surface area contributed by atoms with Crippen molar-refractivity contribution in [1.29, 1.82) is 0 Å². The van der Waals surface area contributed by atoms with Crippen LogP contribution in [0.1, 0.15) is 81.4 Å². The van der Waals surface area contributed by atoms with Crippen molar-refractivity contribution in [2.45, 2.75) is 77.9 Å². The van der Waals surface area contributed by atoms with Crippen molar-refractivity contribution in [3.8, 4) is 5.88 Å². The molecule has 4 rings (SSSR count). The molecule has 4 heterocycles. The Morgan fingerprint density at radius 2 is 1.87 bits per heavy atom. The van der Waals surface area contributed by atoms with Crippen LogP contribution in [0.4, 0.5) is 11.6 Å². The molecule has 38 heavy (non-hydrogen) atoms. The summed E-state index contributed by atoms with van der Waals surface area (Å²) < 4.78 is 34.7. The van der Waals surface area contributed by atoms with E-state index in [0.29, 0.717) is 41.6 Å². The molecule has 0 amide bonds. The Balaban J connectivity index is 1.66. The van der Waals surface area contributed by atoms with Crippen LogP contribution in [-0.2, 0) is 21.0 Å². The zero-order valence-electron chi connectivity index (χ0n) is 22.9. The van der Waals surface area contributed by atoms with E-state index >= 15 is 0 Å². The Bertz CT molecular complexity index is 1460. The zero-order chi connectivity index (χ0) is 27.7. The number of ether oxygens (including phenoxy) is 2. The highest BCUT2D eigenvalue weighted by Gasteiger charge is 2.33. The van der Waals surface area contributed by atoms with E-state index in [1.807, 2.05) is 33.0 Å². The molecule has 0 saturated carbocycles. The quantitative estimate of drug-likeness (QED) is 0.339. The Morgan fingerprint density at radius 3 is 2.58 bits per heavy atom. The lowest BCUT2D eigenvalue weighted by Gasteiger charge is -2.30. The first-order chi connectivity index (χ1) is 17.8. The summed E-state index contributed by atoms with van der Waals surface area (Å²) in [7, 11) is -3.08. The maximum Gasteiger partial charge on any atom is 0.340 e. The fraction of sp³-hybridized carbons (Fsp3) is 0.500. The number of fused-ring (bicyclic) bond motifs is 2. The normalized spacial score (nSPS) is 16.4.